The number of halogens is 2. The average Bonchev–Trinajstić information content (AvgIpc) is 3.09. The van der Waals surface area contributed by atoms with E-state index in [0.29, 0.717) is 16.5 Å². The molecule has 0 radical (unpaired) electrons. The monoisotopic (exact) mass is 421 g/mol. The first-order chi connectivity index (χ1) is 13.9. The Morgan fingerprint density at radius 3 is 2.97 bits per heavy atom. The molecule has 2 aromatic rings. The van der Waals surface area contributed by atoms with Crippen LogP contribution in [-0.4, -0.2) is 48.0 Å². The lowest BCUT2D eigenvalue weighted by molar-refractivity contribution is -0.850. The van der Waals surface area contributed by atoms with Crippen molar-refractivity contribution in [3.63, 3.8) is 0 Å². The van der Waals surface area contributed by atoms with Gasteiger partial charge in [0.25, 0.3) is 0 Å². The summed E-state index contributed by atoms with van der Waals surface area (Å²) >= 11 is 6.14. The summed E-state index contributed by atoms with van der Waals surface area (Å²) in [6, 6.07) is 4.61. The van der Waals surface area contributed by atoms with E-state index in [1.54, 1.807) is 12.3 Å². The van der Waals surface area contributed by atoms with Crippen molar-refractivity contribution in [2.24, 2.45) is 0 Å². The van der Waals surface area contributed by atoms with Gasteiger partial charge >= 0.3 is 0 Å². The van der Waals surface area contributed by atoms with Gasteiger partial charge in [0.15, 0.2) is 5.58 Å². The van der Waals surface area contributed by atoms with E-state index in [4.69, 9.17) is 16.1 Å². The van der Waals surface area contributed by atoms with Crippen LogP contribution in [0.1, 0.15) is 30.9 Å². The molecule has 0 bridgehead atoms. The van der Waals surface area contributed by atoms with Gasteiger partial charge in [-0.05, 0) is 51.0 Å². The Morgan fingerprint density at radius 1 is 1.41 bits per heavy atom. The van der Waals surface area contributed by atoms with E-state index >= 15 is 0 Å². The van der Waals surface area contributed by atoms with E-state index in [2.05, 4.69) is 20.8 Å². The van der Waals surface area contributed by atoms with Crippen LogP contribution < -0.4 is 10.7 Å². The molecule has 3 heterocycles. The van der Waals surface area contributed by atoms with Crippen LogP contribution in [-0.2, 0) is 0 Å². The number of hydroxylamine groups is 2. The van der Waals surface area contributed by atoms with Crippen LogP contribution in [0.4, 0.5) is 4.39 Å². The van der Waals surface area contributed by atoms with E-state index in [1.165, 1.54) is 25.4 Å². The molecule has 1 saturated heterocycles. The highest BCUT2D eigenvalue weighted by Crippen LogP contribution is 2.32. The zero-order valence-electron chi connectivity index (χ0n) is 16.3. The van der Waals surface area contributed by atoms with Gasteiger partial charge < -0.3 is 19.9 Å². The standard InChI is InChI=1S/C20H25ClFN5O2/c1-27(28)13-17(21)18(12-24-27)23-7-2-8-26-9-5-14(6-10-26)20-16-4-3-15(22)11-19(16)29-25-20/h3-4,11-14,23-24H,2,5-10H2,1H3. The Labute approximate surface area is 173 Å². The van der Waals surface area contributed by atoms with Gasteiger partial charge in [0.1, 0.15) is 17.0 Å². The fourth-order valence-electron chi connectivity index (χ4n) is 3.90. The molecular formula is C20H25ClFN5O2. The molecule has 2 N–H and O–H groups in total. The van der Waals surface area contributed by atoms with Crippen molar-refractivity contribution >= 4 is 22.6 Å². The van der Waals surface area contributed by atoms with Crippen LogP contribution in [0.25, 0.3) is 11.0 Å². The summed E-state index contributed by atoms with van der Waals surface area (Å²) < 4.78 is 17.9. The van der Waals surface area contributed by atoms with E-state index in [1.807, 2.05) is 0 Å². The molecule has 0 amide bonds. The van der Waals surface area contributed by atoms with Gasteiger partial charge in [0.2, 0.25) is 0 Å². The maximum absolute atomic E-state index is 13.3. The first-order valence-corrected chi connectivity index (χ1v) is 10.2. The third-order valence-electron chi connectivity index (χ3n) is 5.49. The van der Waals surface area contributed by atoms with E-state index < -0.39 is 4.76 Å². The second-order valence-electron chi connectivity index (χ2n) is 7.76. The SMILES string of the molecule is C[N+]1([O-])C=C(Cl)C(NCCCN2CCC(c3noc4cc(F)ccc34)CC2)=CN1. The Morgan fingerprint density at radius 2 is 2.21 bits per heavy atom. The number of aromatic nitrogens is 1. The fraction of sp³-hybridized carbons (Fsp3) is 0.450. The van der Waals surface area contributed by atoms with Crippen molar-refractivity contribution in [1.29, 1.82) is 0 Å². The molecule has 1 aromatic heterocycles. The normalized spacial score (nSPS) is 23.6. The summed E-state index contributed by atoms with van der Waals surface area (Å²) in [5.41, 5.74) is 4.92. The number of hydrogen-bond donors (Lipinski definition) is 2. The van der Waals surface area contributed by atoms with Crippen molar-refractivity contribution < 1.29 is 13.7 Å². The number of piperidine rings is 1. The predicted molar refractivity (Wildman–Crippen MR) is 110 cm³/mol. The minimum absolute atomic E-state index is 0.304. The molecule has 0 aliphatic carbocycles. The van der Waals surface area contributed by atoms with Crippen molar-refractivity contribution in [1.82, 2.24) is 20.8 Å². The Kier molecular flexibility index (Phi) is 5.78. The quantitative estimate of drug-likeness (QED) is 0.422. The molecule has 2 aliphatic heterocycles. The molecule has 0 spiro atoms. The van der Waals surface area contributed by atoms with Gasteiger partial charge in [0, 0.05) is 23.9 Å². The predicted octanol–water partition coefficient (Wildman–Crippen LogP) is 3.51. The highest BCUT2D eigenvalue weighted by Gasteiger charge is 2.25. The number of quaternary nitrogens is 1. The fourth-order valence-corrected chi connectivity index (χ4v) is 4.21. The Hall–Kier alpha value is -2.13. The molecule has 7 nitrogen and oxygen atoms in total. The number of fused-ring (bicyclic) bond motifs is 1. The molecule has 156 valence electrons. The van der Waals surface area contributed by atoms with Crippen LogP contribution in [0.15, 0.2) is 45.9 Å². The minimum Gasteiger partial charge on any atom is -0.602 e. The Bertz CT molecular complexity index is 934. The number of benzene rings is 1. The minimum atomic E-state index is -0.714. The number of rotatable bonds is 6. The van der Waals surface area contributed by atoms with Gasteiger partial charge in [-0.15, -0.1) is 0 Å². The Balaban J connectivity index is 1.21. The zero-order chi connectivity index (χ0) is 20.4. The summed E-state index contributed by atoms with van der Waals surface area (Å²) in [6.45, 7) is 3.76. The third kappa shape index (κ3) is 4.72. The number of hydrogen-bond acceptors (Lipinski definition) is 6. The number of nitrogens with one attached hydrogen (secondary N) is 2. The van der Waals surface area contributed by atoms with Crippen molar-refractivity contribution in [2.75, 3.05) is 33.2 Å². The molecule has 9 heteroatoms. The molecule has 0 saturated carbocycles. The average molecular weight is 422 g/mol. The van der Waals surface area contributed by atoms with Crippen LogP contribution >= 0.6 is 11.6 Å². The first-order valence-electron chi connectivity index (χ1n) is 9.86. The molecule has 1 aromatic carbocycles. The van der Waals surface area contributed by atoms with Gasteiger partial charge in [-0.1, -0.05) is 16.8 Å². The maximum Gasteiger partial charge on any atom is 0.170 e. The third-order valence-corrected chi connectivity index (χ3v) is 5.79. The maximum atomic E-state index is 13.3. The summed E-state index contributed by atoms with van der Waals surface area (Å²) in [4.78, 5) is 2.44. The van der Waals surface area contributed by atoms with Gasteiger partial charge in [0.05, 0.1) is 24.6 Å². The van der Waals surface area contributed by atoms with Gasteiger partial charge in [-0.2, -0.15) is 0 Å². The van der Waals surface area contributed by atoms with Crippen LogP contribution in [0, 0.1) is 11.0 Å². The molecule has 2 aliphatic rings. The lowest BCUT2D eigenvalue weighted by Crippen LogP contribution is -2.45. The van der Waals surface area contributed by atoms with Gasteiger partial charge in [-0.25, -0.2) is 14.6 Å². The smallest absolute Gasteiger partial charge is 0.170 e. The lowest BCUT2D eigenvalue weighted by atomic mass is 9.91. The van der Waals surface area contributed by atoms with E-state index in [-0.39, 0.29) is 5.82 Å². The second-order valence-corrected chi connectivity index (χ2v) is 8.17. The van der Waals surface area contributed by atoms with Crippen molar-refractivity contribution in [2.45, 2.75) is 25.2 Å². The van der Waals surface area contributed by atoms with Crippen LogP contribution in [0.2, 0.25) is 0 Å². The van der Waals surface area contributed by atoms with Crippen LogP contribution in [0.3, 0.4) is 0 Å². The second kappa shape index (κ2) is 8.31. The van der Waals surface area contributed by atoms with E-state index in [9.17, 15) is 9.60 Å². The summed E-state index contributed by atoms with van der Waals surface area (Å²) in [5.74, 6) is 0.0410. The largest absolute Gasteiger partial charge is 0.602 e. The molecule has 29 heavy (non-hydrogen) atoms. The zero-order valence-corrected chi connectivity index (χ0v) is 17.1. The van der Waals surface area contributed by atoms with Crippen molar-refractivity contribution in [3.05, 3.63) is 58.0 Å². The topological polar surface area (TPSA) is 76.4 Å². The summed E-state index contributed by atoms with van der Waals surface area (Å²) in [5, 5.41) is 20.6. The van der Waals surface area contributed by atoms with Crippen molar-refractivity contribution in [3.8, 4) is 0 Å². The molecular weight excluding hydrogens is 397 g/mol. The molecule has 1 atom stereocenters. The molecule has 1 unspecified atom stereocenters. The highest BCUT2D eigenvalue weighted by atomic mass is 35.5. The summed E-state index contributed by atoms with van der Waals surface area (Å²) in [7, 11) is 1.47. The lowest BCUT2D eigenvalue weighted by Gasteiger charge is -2.36. The van der Waals surface area contributed by atoms with Gasteiger partial charge in [-0.3, -0.25) is 0 Å². The molecule has 1 fully saturated rings. The van der Waals surface area contributed by atoms with E-state index in [0.717, 1.165) is 62.2 Å². The number of likely N-dealkylation sites (tertiary alicyclic amines) is 1. The summed E-state index contributed by atoms with van der Waals surface area (Å²) in [6.07, 6.45) is 6.03. The first kappa shape index (κ1) is 20.2. The highest BCUT2D eigenvalue weighted by molar-refractivity contribution is 6.31. The number of nitrogens with zero attached hydrogens (tertiary/aromatic N) is 3. The molecule has 4 rings (SSSR count). The number of allylic oxidation sites excluding steroid dienone is 1. The van der Waals surface area contributed by atoms with Crippen LogP contribution in [0.5, 0.6) is 0 Å².